The lowest BCUT2D eigenvalue weighted by Gasteiger charge is -2.23. The molecule has 0 bridgehead atoms. The summed E-state index contributed by atoms with van der Waals surface area (Å²) >= 11 is 0. The van der Waals surface area contributed by atoms with E-state index in [0.29, 0.717) is 29.0 Å². The van der Waals surface area contributed by atoms with E-state index in [2.05, 4.69) is 5.16 Å². The van der Waals surface area contributed by atoms with Gasteiger partial charge in [0.25, 0.3) is 5.91 Å². The van der Waals surface area contributed by atoms with Crippen LogP contribution >= 0.6 is 0 Å². The van der Waals surface area contributed by atoms with Crippen LogP contribution in [-0.4, -0.2) is 30.9 Å². The highest BCUT2D eigenvalue weighted by Gasteiger charge is 2.33. The maximum atomic E-state index is 13.0. The minimum Gasteiger partial charge on any atom is -0.359 e. The Kier molecular flexibility index (Phi) is 4.42. The van der Waals surface area contributed by atoms with Crippen molar-refractivity contribution in [2.24, 2.45) is 5.14 Å². The van der Waals surface area contributed by atoms with Gasteiger partial charge in [-0.1, -0.05) is 5.16 Å². The second-order valence-corrected chi connectivity index (χ2v) is 8.02. The summed E-state index contributed by atoms with van der Waals surface area (Å²) in [6.45, 7) is 5.86. The molecule has 8 heteroatoms. The molecular weight excluding hydrogens is 342 g/mol. The molecule has 0 radical (unpaired) electrons. The number of amides is 1. The quantitative estimate of drug-likeness (QED) is 0.900. The molecule has 0 spiro atoms. The first-order valence-corrected chi connectivity index (χ1v) is 9.61. The number of nitrogens with zero attached hydrogens (tertiary/aromatic N) is 2. The van der Waals surface area contributed by atoms with Gasteiger partial charge in [-0.15, -0.1) is 0 Å². The van der Waals surface area contributed by atoms with Gasteiger partial charge in [0.05, 0.1) is 16.6 Å². The van der Waals surface area contributed by atoms with Crippen LogP contribution in [0.1, 0.15) is 51.8 Å². The molecule has 2 heterocycles. The van der Waals surface area contributed by atoms with Gasteiger partial charge in [-0.05, 0) is 56.9 Å². The van der Waals surface area contributed by atoms with Crippen molar-refractivity contribution in [3.8, 4) is 0 Å². The number of carbonyl (C=O) groups excluding carboxylic acids is 1. The molecule has 1 saturated heterocycles. The van der Waals surface area contributed by atoms with Gasteiger partial charge in [0.1, 0.15) is 0 Å². The molecule has 1 aliphatic heterocycles. The first-order chi connectivity index (χ1) is 11.7. The Morgan fingerprint density at radius 2 is 2.00 bits per heavy atom. The largest absolute Gasteiger partial charge is 0.359 e. The van der Waals surface area contributed by atoms with Crippen LogP contribution in [0.4, 0.5) is 0 Å². The van der Waals surface area contributed by atoms with Gasteiger partial charge in [0.2, 0.25) is 10.0 Å². The fraction of sp³-hybridized carbons (Fsp3) is 0.412. The fourth-order valence-electron chi connectivity index (χ4n) is 3.26. The van der Waals surface area contributed by atoms with Crippen molar-refractivity contribution in [2.75, 3.05) is 6.54 Å². The molecule has 1 aromatic heterocycles. The van der Waals surface area contributed by atoms with Crippen molar-refractivity contribution in [2.45, 2.75) is 44.6 Å². The molecule has 0 aliphatic carbocycles. The molecule has 0 saturated carbocycles. The molecule has 1 aromatic carbocycles. The third-order valence-corrected chi connectivity index (χ3v) is 5.70. The molecule has 2 aromatic rings. The van der Waals surface area contributed by atoms with Crippen LogP contribution < -0.4 is 5.14 Å². The Labute approximate surface area is 146 Å². The number of sulfonamides is 1. The number of nitrogens with two attached hydrogens (primary N) is 1. The van der Waals surface area contributed by atoms with Gasteiger partial charge in [-0.3, -0.25) is 4.79 Å². The monoisotopic (exact) mass is 363 g/mol. The first-order valence-electron chi connectivity index (χ1n) is 8.06. The van der Waals surface area contributed by atoms with Crippen LogP contribution in [0.2, 0.25) is 0 Å². The smallest absolute Gasteiger partial charge is 0.254 e. The zero-order chi connectivity index (χ0) is 18.4. The Morgan fingerprint density at radius 1 is 1.28 bits per heavy atom. The molecular formula is C17H21N3O4S. The van der Waals surface area contributed by atoms with E-state index in [1.165, 1.54) is 6.07 Å². The van der Waals surface area contributed by atoms with Crippen LogP contribution in [0.15, 0.2) is 27.6 Å². The average molecular weight is 363 g/mol. The molecule has 0 unspecified atom stereocenters. The molecule has 1 aliphatic rings. The normalized spacial score (nSPS) is 17.9. The molecule has 3 rings (SSSR count). The van der Waals surface area contributed by atoms with Gasteiger partial charge in [0, 0.05) is 18.2 Å². The van der Waals surface area contributed by atoms with E-state index in [0.717, 1.165) is 18.5 Å². The lowest BCUT2D eigenvalue weighted by atomic mass is 10.0. The number of likely N-dealkylation sites (tertiary alicyclic amines) is 1. The summed E-state index contributed by atoms with van der Waals surface area (Å²) in [7, 11) is -3.90. The van der Waals surface area contributed by atoms with Crippen LogP contribution in [-0.2, 0) is 10.0 Å². The summed E-state index contributed by atoms with van der Waals surface area (Å²) in [4.78, 5) is 14.7. The number of carbonyl (C=O) groups is 1. The molecule has 1 amide bonds. The number of hydrogen-bond donors (Lipinski definition) is 1. The first kappa shape index (κ1) is 17.6. The number of aromatic nitrogens is 1. The summed E-state index contributed by atoms with van der Waals surface area (Å²) in [5.74, 6) is 0.420. The van der Waals surface area contributed by atoms with Gasteiger partial charge in [0.15, 0.2) is 5.76 Å². The SMILES string of the molecule is Cc1cc([C@@H]2CCCN2C(=O)c2cc(C)c(C)c(S(N)(=O)=O)c2)on1. The van der Waals surface area contributed by atoms with Crippen LogP contribution in [0.3, 0.4) is 0 Å². The standard InChI is InChI=1S/C17H21N3O4S/c1-10-7-13(9-16(12(10)3)25(18,22)23)17(21)20-6-4-5-14(20)15-8-11(2)19-24-15/h7-9,14H,4-6H2,1-3H3,(H2,18,22,23)/t14-/m0/s1. The summed E-state index contributed by atoms with van der Waals surface area (Å²) in [5.41, 5.74) is 2.34. The summed E-state index contributed by atoms with van der Waals surface area (Å²) in [5, 5.41) is 9.19. The molecule has 2 N–H and O–H groups in total. The highest BCUT2D eigenvalue weighted by molar-refractivity contribution is 7.89. The van der Waals surface area contributed by atoms with E-state index in [-0.39, 0.29) is 16.8 Å². The Morgan fingerprint density at radius 3 is 2.60 bits per heavy atom. The van der Waals surface area contributed by atoms with Gasteiger partial charge in [-0.25, -0.2) is 13.6 Å². The minimum atomic E-state index is -3.90. The molecule has 1 atom stereocenters. The zero-order valence-corrected chi connectivity index (χ0v) is 15.3. The lowest BCUT2D eigenvalue weighted by Crippen LogP contribution is -2.31. The zero-order valence-electron chi connectivity index (χ0n) is 14.4. The van der Waals surface area contributed by atoms with Crippen molar-refractivity contribution >= 4 is 15.9 Å². The third kappa shape index (κ3) is 3.32. The van der Waals surface area contributed by atoms with Gasteiger partial charge >= 0.3 is 0 Å². The predicted octanol–water partition coefficient (Wildman–Crippen LogP) is 2.22. The van der Waals surface area contributed by atoms with Crippen molar-refractivity contribution < 1.29 is 17.7 Å². The second kappa shape index (κ2) is 6.27. The molecule has 7 nitrogen and oxygen atoms in total. The van der Waals surface area contributed by atoms with Crippen LogP contribution in [0.25, 0.3) is 0 Å². The Balaban J connectivity index is 1.99. The van der Waals surface area contributed by atoms with Crippen molar-refractivity contribution in [1.29, 1.82) is 0 Å². The minimum absolute atomic E-state index is 0.0119. The lowest BCUT2D eigenvalue weighted by molar-refractivity contribution is 0.0714. The number of rotatable bonds is 3. The Bertz CT molecular complexity index is 933. The molecule has 25 heavy (non-hydrogen) atoms. The van der Waals surface area contributed by atoms with Crippen molar-refractivity contribution in [1.82, 2.24) is 10.1 Å². The van der Waals surface area contributed by atoms with E-state index < -0.39 is 10.0 Å². The summed E-state index contributed by atoms with van der Waals surface area (Å²) in [6, 6.07) is 4.70. The second-order valence-electron chi connectivity index (χ2n) is 6.49. The summed E-state index contributed by atoms with van der Waals surface area (Å²) in [6.07, 6.45) is 1.64. The average Bonchev–Trinajstić information content (AvgIpc) is 3.16. The van der Waals surface area contributed by atoms with Crippen molar-refractivity contribution in [3.63, 3.8) is 0 Å². The highest BCUT2D eigenvalue weighted by atomic mass is 32.2. The maximum absolute atomic E-state index is 13.0. The van der Waals surface area contributed by atoms with E-state index in [9.17, 15) is 13.2 Å². The van der Waals surface area contributed by atoms with E-state index in [1.54, 1.807) is 24.8 Å². The summed E-state index contributed by atoms with van der Waals surface area (Å²) < 4.78 is 29.0. The number of benzene rings is 1. The van der Waals surface area contributed by atoms with E-state index >= 15 is 0 Å². The van der Waals surface area contributed by atoms with Gasteiger partial charge < -0.3 is 9.42 Å². The van der Waals surface area contributed by atoms with Gasteiger partial charge in [-0.2, -0.15) is 0 Å². The van der Waals surface area contributed by atoms with E-state index in [4.69, 9.17) is 9.66 Å². The highest BCUT2D eigenvalue weighted by Crippen LogP contribution is 2.34. The topological polar surface area (TPSA) is 106 Å². The number of primary sulfonamides is 1. The van der Waals surface area contributed by atoms with Crippen LogP contribution in [0, 0.1) is 20.8 Å². The fourth-order valence-corrected chi connectivity index (χ4v) is 4.14. The maximum Gasteiger partial charge on any atom is 0.254 e. The Hall–Kier alpha value is -2.19. The number of aryl methyl sites for hydroxylation is 2. The predicted molar refractivity (Wildman–Crippen MR) is 91.5 cm³/mol. The van der Waals surface area contributed by atoms with E-state index in [1.807, 2.05) is 13.0 Å². The third-order valence-electron chi connectivity index (χ3n) is 4.66. The number of hydrogen-bond acceptors (Lipinski definition) is 5. The van der Waals surface area contributed by atoms with Crippen LogP contribution in [0.5, 0.6) is 0 Å². The molecule has 1 fully saturated rings. The van der Waals surface area contributed by atoms with Crippen molar-refractivity contribution in [3.05, 3.63) is 46.3 Å². The molecule has 134 valence electrons.